The van der Waals surface area contributed by atoms with Crippen LogP contribution in [0.15, 0.2) is 29.6 Å². The Kier molecular flexibility index (Phi) is 5.15. The SMILES string of the molecule is Cc1nc(C(C)NC(=O)CCc2ccc(Cl)cc2)cs1. The van der Waals surface area contributed by atoms with Gasteiger partial charge in [0, 0.05) is 16.8 Å². The molecular formula is C15H17ClN2OS. The summed E-state index contributed by atoms with van der Waals surface area (Å²) in [6, 6.07) is 7.54. The number of hydrogen-bond acceptors (Lipinski definition) is 3. The Morgan fingerprint density at radius 1 is 1.40 bits per heavy atom. The predicted octanol–water partition coefficient (Wildman–Crippen LogP) is 3.91. The van der Waals surface area contributed by atoms with E-state index in [-0.39, 0.29) is 11.9 Å². The molecule has 0 spiro atoms. The van der Waals surface area contributed by atoms with E-state index in [0.717, 1.165) is 16.3 Å². The van der Waals surface area contributed by atoms with Crippen LogP contribution in [0.25, 0.3) is 0 Å². The van der Waals surface area contributed by atoms with Crippen LogP contribution in [-0.4, -0.2) is 10.9 Å². The van der Waals surface area contributed by atoms with Crippen molar-refractivity contribution in [1.82, 2.24) is 10.3 Å². The summed E-state index contributed by atoms with van der Waals surface area (Å²) in [5.41, 5.74) is 2.04. The fraction of sp³-hybridized carbons (Fsp3) is 0.333. The standard InChI is InChI=1S/C15H17ClN2OS/c1-10(14-9-20-11(2)18-14)17-15(19)8-5-12-3-6-13(16)7-4-12/h3-4,6-7,9-10H,5,8H2,1-2H3,(H,17,19). The molecule has 106 valence electrons. The smallest absolute Gasteiger partial charge is 0.220 e. The molecule has 3 nitrogen and oxygen atoms in total. The third kappa shape index (κ3) is 4.32. The highest BCUT2D eigenvalue weighted by molar-refractivity contribution is 7.09. The number of aromatic nitrogens is 1. The summed E-state index contributed by atoms with van der Waals surface area (Å²) in [4.78, 5) is 16.3. The minimum atomic E-state index is -0.0438. The van der Waals surface area contributed by atoms with Gasteiger partial charge in [0.2, 0.25) is 5.91 Å². The van der Waals surface area contributed by atoms with E-state index in [1.807, 2.05) is 43.5 Å². The van der Waals surface area contributed by atoms with Gasteiger partial charge >= 0.3 is 0 Å². The number of carbonyl (C=O) groups is 1. The van der Waals surface area contributed by atoms with Gasteiger partial charge in [0.1, 0.15) is 0 Å². The third-order valence-electron chi connectivity index (χ3n) is 3.01. The maximum Gasteiger partial charge on any atom is 0.220 e. The Bertz CT molecular complexity index is 580. The van der Waals surface area contributed by atoms with Crippen LogP contribution in [-0.2, 0) is 11.2 Å². The topological polar surface area (TPSA) is 42.0 Å². The first-order valence-corrected chi connectivity index (χ1v) is 7.76. The number of hydrogen-bond donors (Lipinski definition) is 1. The summed E-state index contributed by atoms with van der Waals surface area (Å²) in [5, 5.41) is 6.69. The molecule has 0 fully saturated rings. The van der Waals surface area contributed by atoms with E-state index < -0.39 is 0 Å². The van der Waals surface area contributed by atoms with Crippen LogP contribution in [0.3, 0.4) is 0 Å². The number of amides is 1. The van der Waals surface area contributed by atoms with Crippen molar-refractivity contribution in [1.29, 1.82) is 0 Å². The zero-order chi connectivity index (χ0) is 14.5. The van der Waals surface area contributed by atoms with Crippen LogP contribution < -0.4 is 5.32 Å². The lowest BCUT2D eigenvalue weighted by Gasteiger charge is -2.11. The zero-order valence-corrected chi connectivity index (χ0v) is 13.1. The number of benzene rings is 1. The van der Waals surface area contributed by atoms with E-state index in [4.69, 9.17) is 11.6 Å². The third-order valence-corrected chi connectivity index (χ3v) is 4.06. The molecule has 1 N–H and O–H groups in total. The van der Waals surface area contributed by atoms with Gasteiger partial charge in [0.05, 0.1) is 16.7 Å². The highest BCUT2D eigenvalue weighted by Crippen LogP contribution is 2.16. The molecule has 20 heavy (non-hydrogen) atoms. The lowest BCUT2D eigenvalue weighted by molar-refractivity contribution is -0.121. The van der Waals surface area contributed by atoms with Crippen molar-refractivity contribution in [2.45, 2.75) is 32.7 Å². The lowest BCUT2D eigenvalue weighted by Crippen LogP contribution is -2.27. The van der Waals surface area contributed by atoms with Crippen LogP contribution >= 0.6 is 22.9 Å². The average molecular weight is 309 g/mol. The summed E-state index contributed by atoms with van der Waals surface area (Å²) in [6.45, 7) is 3.91. The van der Waals surface area contributed by atoms with Crippen molar-refractivity contribution in [3.8, 4) is 0 Å². The van der Waals surface area contributed by atoms with Crippen LogP contribution in [0.1, 0.15) is 35.7 Å². The first-order chi connectivity index (χ1) is 9.54. The van der Waals surface area contributed by atoms with Gasteiger partial charge in [-0.15, -0.1) is 11.3 Å². The molecule has 0 saturated carbocycles. The Morgan fingerprint density at radius 2 is 2.10 bits per heavy atom. The van der Waals surface area contributed by atoms with Gasteiger partial charge in [0.15, 0.2) is 0 Å². The molecule has 2 rings (SSSR count). The molecule has 5 heteroatoms. The molecule has 0 aliphatic rings. The molecule has 1 amide bonds. The maximum absolute atomic E-state index is 11.9. The van der Waals surface area contributed by atoms with Crippen molar-refractivity contribution in [2.75, 3.05) is 0 Å². The molecule has 0 aliphatic carbocycles. The second-order valence-electron chi connectivity index (χ2n) is 4.71. The summed E-state index contributed by atoms with van der Waals surface area (Å²) in [5.74, 6) is 0.0399. The highest BCUT2D eigenvalue weighted by Gasteiger charge is 2.12. The van der Waals surface area contributed by atoms with Crippen LogP contribution in [0.5, 0.6) is 0 Å². The number of aryl methyl sites for hydroxylation is 2. The van der Waals surface area contributed by atoms with Crippen LogP contribution in [0.2, 0.25) is 5.02 Å². The summed E-state index contributed by atoms with van der Waals surface area (Å²) in [7, 11) is 0. The molecule has 2 aromatic rings. The second-order valence-corrected chi connectivity index (χ2v) is 6.21. The van der Waals surface area contributed by atoms with E-state index in [1.165, 1.54) is 0 Å². The predicted molar refractivity (Wildman–Crippen MR) is 83.2 cm³/mol. The normalized spacial score (nSPS) is 12.2. The fourth-order valence-corrected chi connectivity index (χ4v) is 2.71. The van der Waals surface area contributed by atoms with Gasteiger partial charge in [0.25, 0.3) is 0 Å². The number of nitrogens with one attached hydrogen (secondary N) is 1. The fourth-order valence-electron chi connectivity index (χ4n) is 1.88. The van der Waals surface area contributed by atoms with E-state index in [9.17, 15) is 4.79 Å². The number of nitrogens with zero attached hydrogens (tertiary/aromatic N) is 1. The molecule has 0 bridgehead atoms. The van der Waals surface area contributed by atoms with Crippen molar-refractivity contribution in [3.63, 3.8) is 0 Å². The maximum atomic E-state index is 11.9. The number of rotatable bonds is 5. The highest BCUT2D eigenvalue weighted by atomic mass is 35.5. The summed E-state index contributed by atoms with van der Waals surface area (Å²) in [6.07, 6.45) is 1.18. The minimum Gasteiger partial charge on any atom is -0.348 e. The van der Waals surface area contributed by atoms with Crippen LogP contribution in [0, 0.1) is 6.92 Å². The number of halogens is 1. The van der Waals surface area contributed by atoms with E-state index >= 15 is 0 Å². The van der Waals surface area contributed by atoms with E-state index in [2.05, 4.69) is 10.3 Å². The molecule has 0 aliphatic heterocycles. The molecular weight excluding hydrogens is 292 g/mol. The Morgan fingerprint density at radius 3 is 2.70 bits per heavy atom. The Labute approximate surface area is 128 Å². The van der Waals surface area contributed by atoms with Gasteiger partial charge in [-0.1, -0.05) is 23.7 Å². The number of thiazole rings is 1. The quantitative estimate of drug-likeness (QED) is 0.909. The van der Waals surface area contributed by atoms with Gasteiger partial charge in [-0.25, -0.2) is 4.98 Å². The average Bonchev–Trinajstić information content (AvgIpc) is 2.85. The molecule has 1 unspecified atom stereocenters. The molecule has 1 aromatic carbocycles. The molecule has 1 atom stereocenters. The van der Waals surface area contributed by atoms with Crippen molar-refractivity contribution >= 4 is 28.8 Å². The Hall–Kier alpha value is -1.39. The van der Waals surface area contributed by atoms with E-state index in [1.54, 1.807) is 11.3 Å². The van der Waals surface area contributed by atoms with E-state index in [0.29, 0.717) is 17.9 Å². The minimum absolute atomic E-state index is 0.0399. The summed E-state index contributed by atoms with van der Waals surface area (Å²) < 4.78 is 0. The van der Waals surface area contributed by atoms with Gasteiger partial charge in [-0.05, 0) is 38.0 Å². The molecule has 1 aromatic heterocycles. The van der Waals surface area contributed by atoms with Crippen LogP contribution in [0.4, 0.5) is 0 Å². The largest absolute Gasteiger partial charge is 0.348 e. The second kappa shape index (κ2) is 6.86. The monoisotopic (exact) mass is 308 g/mol. The van der Waals surface area contributed by atoms with Crippen molar-refractivity contribution in [2.24, 2.45) is 0 Å². The molecule has 0 saturated heterocycles. The zero-order valence-electron chi connectivity index (χ0n) is 11.5. The molecule has 0 radical (unpaired) electrons. The van der Waals surface area contributed by atoms with Crippen molar-refractivity contribution in [3.05, 3.63) is 50.9 Å². The first kappa shape index (κ1) is 15.0. The van der Waals surface area contributed by atoms with Gasteiger partial charge in [-0.2, -0.15) is 0 Å². The first-order valence-electron chi connectivity index (χ1n) is 6.50. The number of carbonyl (C=O) groups excluding carboxylic acids is 1. The molecule has 1 heterocycles. The van der Waals surface area contributed by atoms with Gasteiger partial charge in [-0.3, -0.25) is 4.79 Å². The summed E-state index contributed by atoms with van der Waals surface area (Å²) >= 11 is 7.42. The Balaban J connectivity index is 1.82. The lowest BCUT2D eigenvalue weighted by atomic mass is 10.1. The van der Waals surface area contributed by atoms with Gasteiger partial charge < -0.3 is 5.32 Å². The van der Waals surface area contributed by atoms with Crippen molar-refractivity contribution < 1.29 is 4.79 Å².